The molecule has 0 aliphatic carbocycles. The molecule has 0 aromatic carbocycles. The van der Waals surface area contributed by atoms with Crippen LogP contribution >= 0.6 is 11.6 Å². The Kier molecular flexibility index (Phi) is 29.9. The van der Waals surface area contributed by atoms with Crippen LogP contribution in [0.1, 0.15) is 43.0 Å². The fourth-order valence-corrected chi connectivity index (χ4v) is 1.47. The van der Waals surface area contributed by atoms with Crippen LogP contribution in [0.3, 0.4) is 0 Å². The van der Waals surface area contributed by atoms with Gasteiger partial charge in [-0.2, -0.15) is 0 Å². The molecular formula is C20H36ClN2NaO8. The number of carbonyl (C=O) groups is 4. The van der Waals surface area contributed by atoms with E-state index in [1.807, 2.05) is 0 Å². The third-order valence-electron chi connectivity index (χ3n) is 2.96. The summed E-state index contributed by atoms with van der Waals surface area (Å²) in [4.78, 5) is 43.8. The normalized spacial score (nSPS) is 9.91. The summed E-state index contributed by atoms with van der Waals surface area (Å²) < 4.78 is 18.3. The number of nitrogens with zero attached hydrogens (tertiary/aromatic N) is 1. The molecule has 0 spiro atoms. The van der Waals surface area contributed by atoms with Crippen LogP contribution < -0.4 is 34.9 Å². The monoisotopic (exact) mass is 490 g/mol. The summed E-state index contributed by atoms with van der Waals surface area (Å²) in [6.07, 6.45) is 2.18. The molecule has 0 radical (unpaired) electrons. The van der Waals surface area contributed by atoms with Crippen molar-refractivity contribution in [2.24, 2.45) is 0 Å². The van der Waals surface area contributed by atoms with Gasteiger partial charge < -0.3 is 25.7 Å². The minimum absolute atomic E-state index is 0. The Morgan fingerprint density at radius 1 is 0.844 bits per heavy atom. The Hall–Kier alpha value is -1.75. The molecule has 12 heteroatoms. The standard InChI is InChI=1S/C10H17NO4.C7H13NO2.C3H5ClO2.Na.H/c1-5-14-9(12)7-8(3)11(4)10(13)15-6-2;1-4-10-7(9)5-6(2)8-3;1-2-6-3(4)5;;/h7H,5-6H2,1-4H3;5,8H,4H2,1-3H3;2H2,1H3;;/q;;;+1;-1/b8-7-;6-5-;;;. The Bertz CT molecular complexity index is 619. The van der Waals surface area contributed by atoms with E-state index < -0.39 is 17.5 Å². The van der Waals surface area contributed by atoms with Crippen molar-refractivity contribution in [2.45, 2.75) is 41.5 Å². The Morgan fingerprint density at radius 3 is 1.56 bits per heavy atom. The maximum Gasteiger partial charge on any atom is 1.00 e. The molecule has 0 aromatic rings. The summed E-state index contributed by atoms with van der Waals surface area (Å²) in [6, 6.07) is 0. The smallest absolute Gasteiger partial charge is 1.00 e. The van der Waals surface area contributed by atoms with Gasteiger partial charge >= 0.3 is 53.0 Å². The van der Waals surface area contributed by atoms with E-state index >= 15 is 0 Å². The van der Waals surface area contributed by atoms with E-state index in [0.717, 1.165) is 5.70 Å². The molecule has 32 heavy (non-hydrogen) atoms. The predicted molar refractivity (Wildman–Crippen MR) is 119 cm³/mol. The molecular weight excluding hydrogens is 455 g/mol. The van der Waals surface area contributed by atoms with Crippen LogP contribution in [0.4, 0.5) is 9.59 Å². The van der Waals surface area contributed by atoms with Gasteiger partial charge in [-0.1, -0.05) is 0 Å². The molecule has 0 saturated heterocycles. The molecule has 0 bridgehead atoms. The molecule has 0 aliphatic heterocycles. The van der Waals surface area contributed by atoms with Crippen molar-refractivity contribution < 1.29 is 69.1 Å². The van der Waals surface area contributed by atoms with Gasteiger partial charge in [0.25, 0.3) is 0 Å². The van der Waals surface area contributed by atoms with E-state index in [0.29, 0.717) is 32.1 Å². The van der Waals surface area contributed by atoms with Gasteiger partial charge in [0.2, 0.25) is 0 Å². The number of nitrogens with one attached hydrogen (secondary N) is 1. The first-order chi connectivity index (χ1) is 14.5. The van der Waals surface area contributed by atoms with Crippen LogP contribution in [-0.2, 0) is 28.5 Å². The molecule has 0 fully saturated rings. The zero-order chi connectivity index (χ0) is 24.8. The summed E-state index contributed by atoms with van der Waals surface area (Å²) in [6.45, 7) is 11.7. The van der Waals surface area contributed by atoms with Crippen molar-refractivity contribution in [3.05, 3.63) is 23.5 Å². The minimum Gasteiger partial charge on any atom is -1.00 e. The molecule has 0 aromatic heterocycles. The Morgan fingerprint density at radius 2 is 1.25 bits per heavy atom. The first kappa shape index (κ1) is 37.6. The number of allylic oxidation sites excluding steroid dienone is 2. The molecule has 0 saturated carbocycles. The molecule has 1 amide bonds. The summed E-state index contributed by atoms with van der Waals surface area (Å²) >= 11 is 4.72. The van der Waals surface area contributed by atoms with Gasteiger partial charge in [-0.05, 0) is 41.5 Å². The largest absolute Gasteiger partial charge is 1.00 e. The van der Waals surface area contributed by atoms with E-state index in [9.17, 15) is 19.2 Å². The molecule has 10 nitrogen and oxygen atoms in total. The molecule has 182 valence electrons. The molecule has 0 unspecified atom stereocenters. The van der Waals surface area contributed by atoms with E-state index in [-0.39, 0.29) is 37.0 Å². The zero-order valence-electron chi connectivity index (χ0n) is 21.6. The van der Waals surface area contributed by atoms with Crippen LogP contribution in [0.15, 0.2) is 23.5 Å². The number of amides is 1. The zero-order valence-corrected chi connectivity index (χ0v) is 23.3. The number of carbonyl (C=O) groups excluding carboxylic acids is 4. The van der Waals surface area contributed by atoms with Gasteiger partial charge in [-0.15, -0.1) is 0 Å². The third kappa shape index (κ3) is 26.3. The number of hydrogen-bond donors (Lipinski definition) is 1. The summed E-state index contributed by atoms with van der Waals surface area (Å²) in [5.74, 6) is -0.763. The van der Waals surface area contributed by atoms with Crippen LogP contribution in [0, 0.1) is 0 Å². The van der Waals surface area contributed by atoms with Gasteiger partial charge in [-0.3, -0.25) is 4.90 Å². The van der Waals surface area contributed by atoms with Crippen molar-refractivity contribution in [3.8, 4) is 0 Å². The van der Waals surface area contributed by atoms with Crippen molar-refractivity contribution >= 4 is 35.1 Å². The first-order valence-corrected chi connectivity index (χ1v) is 9.98. The van der Waals surface area contributed by atoms with Crippen LogP contribution in [0.25, 0.3) is 0 Å². The SMILES string of the molecule is CCOC(=O)/C=C(/C)N(C)C(=O)OCC.CCOC(=O)/C=C(/C)NC.CCOC(=O)Cl.[H-].[Na+]. The van der Waals surface area contributed by atoms with Crippen LogP contribution in [-0.4, -0.2) is 68.9 Å². The number of hydrogen-bond acceptors (Lipinski definition) is 9. The van der Waals surface area contributed by atoms with Crippen LogP contribution in [0.5, 0.6) is 0 Å². The van der Waals surface area contributed by atoms with Crippen molar-refractivity contribution in [3.63, 3.8) is 0 Å². The second-order valence-electron chi connectivity index (χ2n) is 5.30. The predicted octanol–water partition coefficient (Wildman–Crippen LogP) is 0.713. The summed E-state index contributed by atoms with van der Waals surface area (Å²) in [7, 11) is 3.29. The average Bonchev–Trinajstić information content (AvgIpc) is 2.68. The third-order valence-corrected chi connectivity index (χ3v) is 3.07. The summed E-state index contributed by atoms with van der Waals surface area (Å²) in [5.41, 5.74) is 0.544. The topological polar surface area (TPSA) is 120 Å². The number of rotatable bonds is 8. The van der Waals surface area contributed by atoms with E-state index in [4.69, 9.17) is 21.1 Å². The average molecular weight is 491 g/mol. The fraction of sp³-hybridized carbons (Fsp3) is 0.600. The van der Waals surface area contributed by atoms with Crippen molar-refractivity contribution in [1.82, 2.24) is 10.2 Å². The molecule has 0 rings (SSSR count). The molecule has 0 aliphatic rings. The van der Waals surface area contributed by atoms with E-state index in [2.05, 4.69) is 14.8 Å². The second-order valence-corrected chi connectivity index (χ2v) is 5.60. The van der Waals surface area contributed by atoms with Gasteiger partial charge in [0, 0.05) is 49.2 Å². The quantitative estimate of drug-likeness (QED) is 0.172. The van der Waals surface area contributed by atoms with Gasteiger partial charge in [-0.25, -0.2) is 19.2 Å². The first-order valence-electron chi connectivity index (χ1n) is 9.60. The molecule has 1 N–H and O–H groups in total. The van der Waals surface area contributed by atoms with E-state index in [1.54, 1.807) is 48.6 Å². The number of esters is 2. The second kappa shape index (κ2) is 25.5. The van der Waals surface area contributed by atoms with Gasteiger partial charge in [0.15, 0.2) is 0 Å². The number of halogens is 1. The van der Waals surface area contributed by atoms with Gasteiger partial charge in [0.05, 0.1) is 26.4 Å². The summed E-state index contributed by atoms with van der Waals surface area (Å²) in [5, 5.41) is 2.81. The molecule has 0 atom stereocenters. The van der Waals surface area contributed by atoms with Gasteiger partial charge in [0.1, 0.15) is 0 Å². The maximum absolute atomic E-state index is 11.2. The molecule has 0 heterocycles. The minimum atomic E-state index is -0.738. The van der Waals surface area contributed by atoms with Crippen molar-refractivity contribution in [1.29, 1.82) is 0 Å². The fourth-order valence-electron chi connectivity index (χ4n) is 1.36. The van der Waals surface area contributed by atoms with E-state index in [1.165, 1.54) is 24.1 Å². The Labute approximate surface area is 219 Å². The Balaban J connectivity index is -0.000000126. The van der Waals surface area contributed by atoms with Crippen molar-refractivity contribution in [2.75, 3.05) is 40.5 Å². The maximum atomic E-state index is 11.2. The number of ether oxygens (including phenoxy) is 4. The van der Waals surface area contributed by atoms with Crippen LogP contribution in [0.2, 0.25) is 0 Å².